The summed E-state index contributed by atoms with van der Waals surface area (Å²) in [6.07, 6.45) is 0.924. The van der Waals surface area contributed by atoms with E-state index in [1.807, 2.05) is 35.7 Å². The Bertz CT molecular complexity index is 761. The number of benzene rings is 1. The number of amides is 2. The molecule has 1 aromatic heterocycles. The van der Waals surface area contributed by atoms with Crippen LogP contribution in [0.4, 0.5) is 0 Å². The summed E-state index contributed by atoms with van der Waals surface area (Å²) in [6.45, 7) is 3.11. The van der Waals surface area contributed by atoms with E-state index in [2.05, 4.69) is 10.6 Å². The molecule has 1 aliphatic rings. The molecule has 2 aromatic rings. The van der Waals surface area contributed by atoms with E-state index in [9.17, 15) is 9.59 Å². The van der Waals surface area contributed by atoms with Crippen molar-refractivity contribution in [3.8, 4) is 11.5 Å². The Morgan fingerprint density at radius 1 is 1.19 bits per heavy atom. The highest BCUT2D eigenvalue weighted by atomic mass is 32.1. The molecule has 1 unspecified atom stereocenters. The number of rotatable bonds is 7. The minimum absolute atomic E-state index is 0.0882. The molecule has 2 heterocycles. The molecule has 26 heavy (non-hydrogen) atoms. The lowest BCUT2D eigenvalue weighted by molar-refractivity contribution is -0.122. The van der Waals surface area contributed by atoms with Gasteiger partial charge in [-0.3, -0.25) is 9.59 Å². The molecule has 6 nitrogen and oxygen atoms in total. The van der Waals surface area contributed by atoms with Gasteiger partial charge in [-0.25, -0.2) is 0 Å². The topological polar surface area (TPSA) is 76.7 Å². The van der Waals surface area contributed by atoms with Crippen molar-refractivity contribution in [1.29, 1.82) is 0 Å². The summed E-state index contributed by atoms with van der Waals surface area (Å²) in [4.78, 5) is 24.6. The number of nitrogens with one attached hydrogen (secondary N) is 2. The molecular formula is C19H22N2O4S. The van der Waals surface area contributed by atoms with Crippen LogP contribution < -0.4 is 20.1 Å². The monoisotopic (exact) mass is 374 g/mol. The van der Waals surface area contributed by atoms with Crippen molar-refractivity contribution >= 4 is 23.2 Å². The standard InChI is InChI=1S/C19H22N2O4S/c1-13(22)21-15(18-3-2-10-26-18)12-19(23)20-7-6-14-4-5-16-17(11-14)25-9-8-24-16/h2-5,10-11,15H,6-9,12H2,1H3,(H,20,23)(H,21,22). The molecule has 2 amide bonds. The molecule has 1 atom stereocenters. The summed E-state index contributed by atoms with van der Waals surface area (Å²) in [5, 5.41) is 7.69. The summed E-state index contributed by atoms with van der Waals surface area (Å²) >= 11 is 1.53. The first-order chi connectivity index (χ1) is 12.6. The number of fused-ring (bicyclic) bond motifs is 1. The molecule has 0 saturated heterocycles. The van der Waals surface area contributed by atoms with Crippen LogP contribution in [0.5, 0.6) is 11.5 Å². The smallest absolute Gasteiger partial charge is 0.222 e. The lowest BCUT2D eigenvalue weighted by Crippen LogP contribution is -2.33. The summed E-state index contributed by atoms with van der Waals surface area (Å²) in [7, 11) is 0. The lowest BCUT2D eigenvalue weighted by atomic mass is 10.1. The minimum atomic E-state index is -0.290. The number of hydrogen-bond acceptors (Lipinski definition) is 5. The van der Waals surface area contributed by atoms with Gasteiger partial charge in [0.15, 0.2) is 11.5 Å². The number of thiophene rings is 1. The first kappa shape index (κ1) is 18.3. The van der Waals surface area contributed by atoms with Crippen LogP contribution in [-0.2, 0) is 16.0 Å². The first-order valence-corrected chi connectivity index (χ1v) is 9.45. The predicted octanol–water partition coefficient (Wildman–Crippen LogP) is 2.45. The zero-order chi connectivity index (χ0) is 18.4. The molecule has 3 rings (SSSR count). The molecule has 0 fully saturated rings. The average molecular weight is 374 g/mol. The van der Waals surface area contributed by atoms with Gasteiger partial charge in [-0.1, -0.05) is 12.1 Å². The number of carbonyl (C=O) groups excluding carboxylic acids is 2. The molecule has 7 heteroatoms. The van der Waals surface area contributed by atoms with Crippen LogP contribution >= 0.6 is 11.3 Å². The number of ether oxygens (including phenoxy) is 2. The van der Waals surface area contributed by atoms with Gasteiger partial charge in [0.2, 0.25) is 11.8 Å². The van der Waals surface area contributed by atoms with Crippen LogP contribution in [0.15, 0.2) is 35.7 Å². The third-order valence-electron chi connectivity index (χ3n) is 4.00. The Morgan fingerprint density at radius 3 is 2.73 bits per heavy atom. The van der Waals surface area contributed by atoms with Crippen LogP contribution in [0, 0.1) is 0 Å². The van der Waals surface area contributed by atoms with Gasteiger partial charge in [0.05, 0.1) is 12.5 Å². The molecule has 0 bridgehead atoms. The van der Waals surface area contributed by atoms with Gasteiger partial charge in [-0.15, -0.1) is 11.3 Å². The molecular weight excluding hydrogens is 352 g/mol. The molecule has 0 spiro atoms. The van der Waals surface area contributed by atoms with E-state index in [1.165, 1.54) is 18.3 Å². The van der Waals surface area contributed by atoms with Gasteiger partial charge in [0.25, 0.3) is 0 Å². The molecule has 0 radical (unpaired) electrons. The maximum Gasteiger partial charge on any atom is 0.222 e. The van der Waals surface area contributed by atoms with Crippen molar-refractivity contribution in [2.45, 2.75) is 25.8 Å². The van der Waals surface area contributed by atoms with Gasteiger partial charge in [-0.2, -0.15) is 0 Å². The Balaban J connectivity index is 1.49. The van der Waals surface area contributed by atoms with Crippen molar-refractivity contribution in [3.05, 3.63) is 46.2 Å². The summed E-state index contributed by atoms with van der Waals surface area (Å²) < 4.78 is 11.1. The van der Waals surface area contributed by atoms with E-state index < -0.39 is 0 Å². The average Bonchev–Trinajstić information content (AvgIpc) is 3.15. The molecule has 2 N–H and O–H groups in total. The highest BCUT2D eigenvalue weighted by molar-refractivity contribution is 7.10. The molecule has 0 saturated carbocycles. The molecule has 1 aromatic carbocycles. The van der Waals surface area contributed by atoms with Crippen molar-refractivity contribution in [2.75, 3.05) is 19.8 Å². The maximum atomic E-state index is 12.3. The molecule has 0 aliphatic carbocycles. The van der Waals surface area contributed by atoms with Crippen LogP contribution in [-0.4, -0.2) is 31.6 Å². The third kappa shape index (κ3) is 4.98. The van der Waals surface area contributed by atoms with Crippen LogP contribution in [0.3, 0.4) is 0 Å². The van der Waals surface area contributed by atoms with E-state index in [1.54, 1.807) is 0 Å². The fourth-order valence-corrected chi connectivity index (χ4v) is 3.58. The zero-order valence-corrected chi connectivity index (χ0v) is 15.4. The van der Waals surface area contributed by atoms with Crippen molar-refractivity contribution in [3.63, 3.8) is 0 Å². The van der Waals surface area contributed by atoms with Crippen molar-refractivity contribution < 1.29 is 19.1 Å². The van der Waals surface area contributed by atoms with Gasteiger partial charge >= 0.3 is 0 Å². The van der Waals surface area contributed by atoms with E-state index in [-0.39, 0.29) is 24.3 Å². The fraction of sp³-hybridized carbons (Fsp3) is 0.368. The second-order valence-electron chi connectivity index (χ2n) is 6.05. The summed E-state index contributed by atoms with van der Waals surface area (Å²) in [6, 6.07) is 9.37. The predicted molar refractivity (Wildman–Crippen MR) is 99.6 cm³/mol. The third-order valence-corrected chi connectivity index (χ3v) is 4.98. The number of hydrogen-bond donors (Lipinski definition) is 2. The zero-order valence-electron chi connectivity index (χ0n) is 14.6. The van der Waals surface area contributed by atoms with E-state index >= 15 is 0 Å². The Kier molecular flexibility index (Phi) is 6.12. The number of carbonyl (C=O) groups is 2. The minimum Gasteiger partial charge on any atom is -0.486 e. The highest BCUT2D eigenvalue weighted by Gasteiger charge is 2.18. The Morgan fingerprint density at radius 2 is 2.00 bits per heavy atom. The van der Waals surface area contributed by atoms with Gasteiger partial charge in [0, 0.05) is 18.3 Å². The van der Waals surface area contributed by atoms with E-state index in [0.29, 0.717) is 26.2 Å². The second-order valence-corrected chi connectivity index (χ2v) is 7.03. The maximum absolute atomic E-state index is 12.3. The van der Waals surface area contributed by atoms with Crippen molar-refractivity contribution in [2.24, 2.45) is 0 Å². The molecule has 138 valence electrons. The highest BCUT2D eigenvalue weighted by Crippen LogP contribution is 2.30. The lowest BCUT2D eigenvalue weighted by Gasteiger charge is -2.19. The summed E-state index contributed by atoms with van der Waals surface area (Å²) in [5.41, 5.74) is 1.08. The first-order valence-electron chi connectivity index (χ1n) is 8.57. The quantitative estimate of drug-likeness (QED) is 0.780. The van der Waals surface area contributed by atoms with Gasteiger partial charge < -0.3 is 20.1 Å². The Hall–Kier alpha value is -2.54. The second kappa shape index (κ2) is 8.71. The van der Waals surface area contributed by atoms with E-state index in [0.717, 1.165) is 21.9 Å². The molecule has 1 aliphatic heterocycles. The Labute approximate surface area is 156 Å². The van der Waals surface area contributed by atoms with Crippen LogP contribution in [0.1, 0.15) is 29.8 Å². The van der Waals surface area contributed by atoms with Crippen LogP contribution in [0.25, 0.3) is 0 Å². The SMILES string of the molecule is CC(=O)NC(CC(=O)NCCc1ccc2c(c1)OCCO2)c1cccs1. The normalized spacial score (nSPS) is 13.7. The largest absolute Gasteiger partial charge is 0.486 e. The van der Waals surface area contributed by atoms with Gasteiger partial charge in [-0.05, 0) is 35.6 Å². The van der Waals surface area contributed by atoms with Crippen molar-refractivity contribution in [1.82, 2.24) is 10.6 Å². The van der Waals surface area contributed by atoms with Gasteiger partial charge in [0.1, 0.15) is 13.2 Å². The van der Waals surface area contributed by atoms with Crippen LogP contribution in [0.2, 0.25) is 0 Å². The summed E-state index contributed by atoms with van der Waals surface area (Å²) in [5.74, 6) is 1.28. The fourth-order valence-electron chi connectivity index (χ4n) is 2.80. The van der Waals surface area contributed by atoms with E-state index in [4.69, 9.17) is 9.47 Å².